The summed E-state index contributed by atoms with van der Waals surface area (Å²) in [6, 6.07) is 4.85. The Morgan fingerprint density at radius 2 is 1.87 bits per heavy atom. The molecule has 31 heavy (non-hydrogen) atoms. The van der Waals surface area contributed by atoms with Crippen LogP contribution in [-0.2, 0) is 14.9 Å². The van der Waals surface area contributed by atoms with Crippen LogP contribution in [0.4, 0.5) is 14.9 Å². The smallest absolute Gasteiger partial charge is 0.409 e. The molecule has 4 rings (SSSR count). The van der Waals surface area contributed by atoms with Gasteiger partial charge in [0.05, 0.1) is 6.61 Å². The summed E-state index contributed by atoms with van der Waals surface area (Å²) < 4.78 is 19.3. The first-order valence-electron chi connectivity index (χ1n) is 11.6. The minimum atomic E-state index is -0.227. The van der Waals surface area contributed by atoms with E-state index in [0.29, 0.717) is 19.1 Å². The molecule has 0 aromatic heterocycles. The monoisotopic (exact) mass is 431 g/mol. The first-order valence-corrected chi connectivity index (χ1v) is 11.6. The molecule has 0 radical (unpaired) electrons. The number of fused-ring (bicyclic) bond motifs is 2. The number of carbonyl (C=O) groups is 2. The molecule has 2 saturated heterocycles. The van der Waals surface area contributed by atoms with E-state index in [-0.39, 0.29) is 23.2 Å². The average molecular weight is 432 g/mol. The van der Waals surface area contributed by atoms with Crippen LogP contribution >= 0.6 is 0 Å². The zero-order valence-electron chi connectivity index (χ0n) is 18.7. The number of ether oxygens (including phenoxy) is 1. The Morgan fingerprint density at radius 3 is 2.52 bits per heavy atom. The van der Waals surface area contributed by atoms with Gasteiger partial charge in [-0.3, -0.25) is 4.79 Å². The van der Waals surface area contributed by atoms with E-state index in [0.717, 1.165) is 76.1 Å². The maximum Gasteiger partial charge on any atom is 0.409 e. The van der Waals surface area contributed by atoms with E-state index in [9.17, 15) is 14.0 Å². The molecule has 0 unspecified atom stereocenters. The normalized spacial score (nSPS) is 21.4. The third-order valence-corrected chi connectivity index (χ3v) is 7.29. The molecule has 0 atom stereocenters. The predicted octanol–water partition coefficient (Wildman–Crippen LogP) is 3.78. The van der Waals surface area contributed by atoms with E-state index in [1.165, 1.54) is 6.07 Å². The molecule has 1 aromatic carbocycles. The lowest BCUT2D eigenvalue weighted by Crippen LogP contribution is -2.48. The van der Waals surface area contributed by atoms with Crippen LogP contribution in [0.25, 0.3) is 0 Å². The Balaban J connectivity index is 1.31. The molecule has 7 heteroatoms. The lowest BCUT2D eigenvalue weighted by molar-refractivity contribution is -0.116. The third kappa shape index (κ3) is 4.56. The van der Waals surface area contributed by atoms with Crippen molar-refractivity contribution in [3.05, 3.63) is 29.6 Å². The summed E-state index contributed by atoms with van der Waals surface area (Å²) >= 11 is 0. The van der Waals surface area contributed by atoms with Gasteiger partial charge in [0.2, 0.25) is 5.91 Å². The molecule has 0 aliphatic carbocycles. The fraction of sp³-hybridized carbons (Fsp3) is 0.667. The highest BCUT2D eigenvalue weighted by Crippen LogP contribution is 2.47. The molecule has 3 aliphatic rings. The Hall–Kier alpha value is -2.15. The van der Waals surface area contributed by atoms with Gasteiger partial charge in [0.25, 0.3) is 0 Å². The second kappa shape index (κ2) is 9.15. The molecular weight excluding hydrogens is 397 g/mol. The van der Waals surface area contributed by atoms with Crippen LogP contribution < -0.4 is 4.90 Å². The van der Waals surface area contributed by atoms with Crippen LogP contribution in [0, 0.1) is 11.7 Å². The molecule has 6 nitrogen and oxygen atoms in total. The molecule has 0 saturated carbocycles. The van der Waals surface area contributed by atoms with Gasteiger partial charge in [-0.15, -0.1) is 0 Å². The number of carbonyl (C=O) groups excluding carboxylic acids is 2. The first-order chi connectivity index (χ1) is 14.9. The lowest BCUT2D eigenvalue weighted by atomic mass is 9.74. The second-order valence-electron chi connectivity index (χ2n) is 9.39. The summed E-state index contributed by atoms with van der Waals surface area (Å²) in [4.78, 5) is 30.4. The highest BCUT2D eigenvalue weighted by atomic mass is 19.1. The number of amides is 2. The predicted molar refractivity (Wildman–Crippen MR) is 118 cm³/mol. The molecule has 0 N–H and O–H groups in total. The Kier molecular flexibility index (Phi) is 6.51. The van der Waals surface area contributed by atoms with Gasteiger partial charge in [0, 0.05) is 44.2 Å². The number of likely N-dealkylation sites (tertiary alicyclic amines) is 2. The van der Waals surface area contributed by atoms with Crippen LogP contribution in [-0.4, -0.2) is 67.7 Å². The van der Waals surface area contributed by atoms with Crippen molar-refractivity contribution in [2.45, 2.75) is 51.4 Å². The molecule has 0 bridgehead atoms. The van der Waals surface area contributed by atoms with Gasteiger partial charge in [-0.2, -0.15) is 0 Å². The van der Waals surface area contributed by atoms with Crippen molar-refractivity contribution < 1.29 is 18.7 Å². The van der Waals surface area contributed by atoms with Gasteiger partial charge in [0.15, 0.2) is 0 Å². The van der Waals surface area contributed by atoms with Crippen LogP contribution in [0.15, 0.2) is 18.2 Å². The van der Waals surface area contributed by atoms with E-state index in [2.05, 4.69) is 4.90 Å². The number of hydrogen-bond acceptors (Lipinski definition) is 4. The average Bonchev–Trinajstić information content (AvgIpc) is 3.08. The van der Waals surface area contributed by atoms with Gasteiger partial charge < -0.3 is 19.4 Å². The van der Waals surface area contributed by atoms with Crippen molar-refractivity contribution in [3.63, 3.8) is 0 Å². The van der Waals surface area contributed by atoms with Crippen molar-refractivity contribution >= 4 is 17.7 Å². The highest BCUT2D eigenvalue weighted by Gasteiger charge is 2.46. The van der Waals surface area contributed by atoms with Gasteiger partial charge in [-0.25, -0.2) is 9.18 Å². The number of halogens is 1. The Labute approximate surface area is 184 Å². The zero-order valence-corrected chi connectivity index (χ0v) is 18.7. The summed E-state index contributed by atoms with van der Waals surface area (Å²) in [5.74, 6) is 0.387. The number of anilines is 1. The molecular formula is C24H34FN3O3. The van der Waals surface area contributed by atoms with Crippen LogP contribution in [0.1, 0.15) is 51.5 Å². The van der Waals surface area contributed by atoms with Crippen molar-refractivity contribution in [3.8, 4) is 0 Å². The van der Waals surface area contributed by atoms with Gasteiger partial charge in [-0.05, 0) is 74.9 Å². The van der Waals surface area contributed by atoms with Crippen LogP contribution in [0.2, 0.25) is 0 Å². The van der Waals surface area contributed by atoms with Crippen molar-refractivity contribution in [1.29, 1.82) is 0 Å². The Morgan fingerprint density at radius 1 is 1.16 bits per heavy atom. The molecule has 3 aliphatic heterocycles. The minimum absolute atomic E-state index is 0.0244. The van der Waals surface area contributed by atoms with E-state index in [1.54, 1.807) is 19.1 Å². The quantitative estimate of drug-likeness (QED) is 0.728. The number of hydrogen-bond donors (Lipinski definition) is 0. The van der Waals surface area contributed by atoms with E-state index in [4.69, 9.17) is 4.74 Å². The Bertz CT molecular complexity index is 814. The summed E-state index contributed by atoms with van der Waals surface area (Å²) in [5, 5.41) is 0. The molecule has 1 spiro atoms. The van der Waals surface area contributed by atoms with E-state index < -0.39 is 0 Å². The summed E-state index contributed by atoms with van der Waals surface area (Å²) in [7, 11) is 0. The summed E-state index contributed by atoms with van der Waals surface area (Å²) in [5.41, 5.74) is 1.75. The van der Waals surface area contributed by atoms with E-state index >= 15 is 0 Å². The van der Waals surface area contributed by atoms with Crippen molar-refractivity contribution in [2.75, 3.05) is 50.8 Å². The molecule has 2 fully saturated rings. The fourth-order valence-corrected chi connectivity index (χ4v) is 5.46. The fourth-order valence-electron chi connectivity index (χ4n) is 5.46. The van der Waals surface area contributed by atoms with Crippen LogP contribution in [0.3, 0.4) is 0 Å². The van der Waals surface area contributed by atoms with E-state index in [1.807, 2.05) is 16.7 Å². The standard InChI is InChI=1S/C24H34FN3O3/c1-3-14-31-23(30)27-10-6-19(7-11-27)16-26-12-8-24(9-13-26)17-28(18(2)29)22-5-4-20(25)15-21(22)24/h4-5,15,19H,3,6-14,16-17H2,1-2H3. The number of benzene rings is 1. The van der Waals surface area contributed by atoms with Gasteiger partial charge in [-0.1, -0.05) is 6.92 Å². The topological polar surface area (TPSA) is 53.1 Å². The molecule has 1 aromatic rings. The number of piperidine rings is 2. The van der Waals surface area contributed by atoms with Gasteiger partial charge >= 0.3 is 6.09 Å². The van der Waals surface area contributed by atoms with Crippen molar-refractivity contribution in [2.24, 2.45) is 5.92 Å². The lowest BCUT2D eigenvalue weighted by Gasteiger charge is -2.42. The number of nitrogens with zero attached hydrogens (tertiary/aromatic N) is 3. The summed E-state index contributed by atoms with van der Waals surface area (Å²) in [6.45, 7) is 9.24. The maximum atomic E-state index is 14.0. The largest absolute Gasteiger partial charge is 0.449 e. The molecule has 3 heterocycles. The highest BCUT2D eigenvalue weighted by molar-refractivity contribution is 5.94. The first kappa shape index (κ1) is 22.1. The zero-order chi connectivity index (χ0) is 22.0. The second-order valence-corrected chi connectivity index (χ2v) is 9.39. The molecule has 170 valence electrons. The SMILES string of the molecule is CCCOC(=O)N1CCC(CN2CCC3(CC2)CN(C(C)=O)c2ccc(F)cc23)CC1. The summed E-state index contributed by atoms with van der Waals surface area (Å²) in [6.07, 6.45) is 4.57. The maximum absolute atomic E-state index is 14.0. The number of rotatable bonds is 4. The third-order valence-electron chi connectivity index (χ3n) is 7.29. The van der Waals surface area contributed by atoms with Gasteiger partial charge in [0.1, 0.15) is 5.82 Å². The van der Waals surface area contributed by atoms with Crippen molar-refractivity contribution in [1.82, 2.24) is 9.80 Å². The molecule has 2 amide bonds. The minimum Gasteiger partial charge on any atom is -0.449 e. The van der Waals surface area contributed by atoms with Crippen LogP contribution in [0.5, 0.6) is 0 Å².